The van der Waals surface area contributed by atoms with Crippen LogP contribution in [0.2, 0.25) is 10.0 Å². The Morgan fingerprint density at radius 3 is 2.65 bits per heavy atom. The molecule has 17 heavy (non-hydrogen) atoms. The number of nitriles is 1. The topological polar surface area (TPSA) is 61.6 Å². The molecule has 0 aliphatic carbocycles. The fraction of sp³-hybridized carbons (Fsp3) is 0.0909. The summed E-state index contributed by atoms with van der Waals surface area (Å²) in [7, 11) is 0. The Kier molecular flexibility index (Phi) is 2.97. The van der Waals surface area contributed by atoms with Crippen LogP contribution in [0, 0.1) is 18.3 Å². The number of H-pyrrole nitrogens is 1. The van der Waals surface area contributed by atoms with E-state index in [9.17, 15) is 4.79 Å². The molecule has 0 atom stereocenters. The first-order chi connectivity index (χ1) is 8.04. The molecule has 2 rings (SSSR count). The highest BCUT2D eigenvalue weighted by molar-refractivity contribution is 6.35. The van der Waals surface area contributed by atoms with Gasteiger partial charge >= 0.3 is 0 Å². The standard InChI is InChI=1S/C11H7Cl2N3O/c1-6-9(5-14)15-16(11(6)17)10-3-2-7(12)4-8(10)13/h2-4,15H,1H3. The Morgan fingerprint density at radius 2 is 2.12 bits per heavy atom. The smallest absolute Gasteiger partial charge is 0.275 e. The molecule has 0 aliphatic rings. The van der Waals surface area contributed by atoms with E-state index in [0.717, 1.165) is 0 Å². The van der Waals surface area contributed by atoms with Crippen molar-refractivity contribution < 1.29 is 0 Å². The molecule has 0 saturated heterocycles. The number of hydrogen-bond acceptors (Lipinski definition) is 2. The highest BCUT2D eigenvalue weighted by atomic mass is 35.5. The second-order valence-corrected chi connectivity index (χ2v) is 4.30. The first-order valence-electron chi connectivity index (χ1n) is 4.71. The Labute approximate surface area is 107 Å². The van der Waals surface area contributed by atoms with Gasteiger partial charge in [-0.3, -0.25) is 9.89 Å². The van der Waals surface area contributed by atoms with Crippen molar-refractivity contribution in [2.24, 2.45) is 0 Å². The molecule has 0 aliphatic heterocycles. The molecule has 0 saturated carbocycles. The van der Waals surface area contributed by atoms with Crippen molar-refractivity contribution >= 4 is 23.2 Å². The summed E-state index contributed by atoms with van der Waals surface area (Å²) < 4.78 is 1.23. The zero-order valence-electron chi connectivity index (χ0n) is 8.79. The van der Waals surface area contributed by atoms with Crippen molar-refractivity contribution in [1.29, 1.82) is 5.26 Å². The molecule has 6 heteroatoms. The quantitative estimate of drug-likeness (QED) is 0.864. The van der Waals surface area contributed by atoms with Crippen LogP contribution in [-0.2, 0) is 0 Å². The molecule has 2 aromatic rings. The van der Waals surface area contributed by atoms with Crippen LogP contribution in [0.1, 0.15) is 11.3 Å². The molecule has 1 aromatic heterocycles. The SMILES string of the molecule is Cc1c(C#N)[nH]n(-c2ccc(Cl)cc2Cl)c1=O. The second-order valence-electron chi connectivity index (χ2n) is 3.46. The van der Waals surface area contributed by atoms with Crippen molar-refractivity contribution in [3.8, 4) is 11.8 Å². The monoisotopic (exact) mass is 267 g/mol. The van der Waals surface area contributed by atoms with Gasteiger partial charge in [0.15, 0.2) is 0 Å². The van der Waals surface area contributed by atoms with Crippen LogP contribution in [-0.4, -0.2) is 9.78 Å². The number of benzene rings is 1. The van der Waals surface area contributed by atoms with Crippen molar-refractivity contribution in [2.75, 3.05) is 0 Å². The molecule has 0 amide bonds. The molecule has 1 N–H and O–H groups in total. The minimum absolute atomic E-state index is 0.223. The maximum atomic E-state index is 11.9. The van der Waals surface area contributed by atoms with Crippen LogP contribution >= 0.6 is 23.2 Å². The van der Waals surface area contributed by atoms with Crippen molar-refractivity contribution in [3.05, 3.63) is 49.9 Å². The number of aromatic amines is 1. The zero-order chi connectivity index (χ0) is 12.6. The van der Waals surface area contributed by atoms with Gasteiger partial charge in [0.1, 0.15) is 11.8 Å². The lowest BCUT2D eigenvalue weighted by atomic mass is 10.3. The van der Waals surface area contributed by atoms with E-state index in [1.54, 1.807) is 19.1 Å². The van der Waals surface area contributed by atoms with E-state index in [4.69, 9.17) is 28.5 Å². The summed E-state index contributed by atoms with van der Waals surface area (Å²) in [6.07, 6.45) is 0. The lowest BCUT2D eigenvalue weighted by Crippen LogP contribution is -2.16. The van der Waals surface area contributed by atoms with Gasteiger partial charge in [-0.2, -0.15) is 5.26 Å². The van der Waals surface area contributed by atoms with Gasteiger partial charge in [0.05, 0.1) is 16.3 Å². The van der Waals surface area contributed by atoms with Gasteiger partial charge in [-0.1, -0.05) is 23.2 Å². The predicted molar refractivity (Wildman–Crippen MR) is 65.9 cm³/mol. The minimum atomic E-state index is -0.300. The molecular weight excluding hydrogens is 261 g/mol. The van der Waals surface area contributed by atoms with Crippen molar-refractivity contribution in [1.82, 2.24) is 9.78 Å². The summed E-state index contributed by atoms with van der Waals surface area (Å²) in [5.74, 6) is 0. The fourth-order valence-corrected chi connectivity index (χ4v) is 1.96. The van der Waals surface area contributed by atoms with Gasteiger partial charge in [-0.15, -0.1) is 0 Å². The number of nitrogens with zero attached hydrogens (tertiary/aromatic N) is 2. The Morgan fingerprint density at radius 1 is 1.41 bits per heavy atom. The maximum absolute atomic E-state index is 11.9. The maximum Gasteiger partial charge on any atom is 0.275 e. The number of rotatable bonds is 1. The van der Waals surface area contributed by atoms with E-state index in [1.807, 2.05) is 6.07 Å². The van der Waals surface area contributed by atoms with E-state index >= 15 is 0 Å². The van der Waals surface area contributed by atoms with Crippen molar-refractivity contribution in [2.45, 2.75) is 6.92 Å². The van der Waals surface area contributed by atoms with Gasteiger partial charge in [-0.05, 0) is 25.1 Å². The molecule has 0 radical (unpaired) electrons. The van der Waals surface area contributed by atoms with Gasteiger partial charge in [-0.25, -0.2) is 4.68 Å². The number of aromatic nitrogens is 2. The van der Waals surface area contributed by atoms with Crippen molar-refractivity contribution in [3.63, 3.8) is 0 Å². The number of halogens is 2. The summed E-state index contributed by atoms with van der Waals surface area (Å²) in [6, 6.07) is 6.68. The van der Waals surface area contributed by atoms with E-state index < -0.39 is 0 Å². The molecule has 86 valence electrons. The second kappa shape index (κ2) is 4.28. The molecule has 4 nitrogen and oxygen atoms in total. The van der Waals surface area contributed by atoms with Crippen LogP contribution in [0.3, 0.4) is 0 Å². The van der Waals surface area contributed by atoms with Crippen LogP contribution in [0.25, 0.3) is 5.69 Å². The third-order valence-electron chi connectivity index (χ3n) is 2.38. The highest BCUT2D eigenvalue weighted by Gasteiger charge is 2.13. The summed E-state index contributed by atoms with van der Waals surface area (Å²) in [5, 5.41) is 12.3. The predicted octanol–water partition coefficient (Wildman–Crippen LogP) is 2.65. The third kappa shape index (κ3) is 1.95. The Bertz CT molecular complexity index is 679. The van der Waals surface area contributed by atoms with Crippen LogP contribution in [0.5, 0.6) is 0 Å². The van der Waals surface area contributed by atoms with Crippen LogP contribution < -0.4 is 5.56 Å². The minimum Gasteiger partial charge on any atom is -0.280 e. The summed E-state index contributed by atoms with van der Waals surface area (Å²) >= 11 is 11.8. The normalized spacial score (nSPS) is 10.2. The molecule has 1 aromatic carbocycles. The van der Waals surface area contributed by atoms with Gasteiger partial charge in [0.2, 0.25) is 0 Å². The Balaban J connectivity index is 2.70. The first kappa shape index (κ1) is 11.8. The summed E-state index contributed by atoms with van der Waals surface area (Å²) in [5.41, 5.74) is 0.746. The molecule has 0 unspecified atom stereocenters. The van der Waals surface area contributed by atoms with Gasteiger partial charge in [0, 0.05) is 5.02 Å². The highest BCUT2D eigenvalue weighted by Crippen LogP contribution is 2.23. The fourth-order valence-electron chi connectivity index (χ4n) is 1.46. The summed E-state index contributed by atoms with van der Waals surface area (Å²) in [6.45, 7) is 1.58. The zero-order valence-corrected chi connectivity index (χ0v) is 10.3. The molecule has 0 fully saturated rings. The molecule has 0 spiro atoms. The summed E-state index contributed by atoms with van der Waals surface area (Å²) in [4.78, 5) is 11.9. The average Bonchev–Trinajstić information content (AvgIpc) is 2.57. The Hall–Kier alpha value is -1.70. The molecule has 0 bridgehead atoms. The van der Waals surface area contributed by atoms with E-state index in [2.05, 4.69) is 5.10 Å². The van der Waals surface area contributed by atoms with Crippen LogP contribution in [0.4, 0.5) is 0 Å². The van der Waals surface area contributed by atoms with E-state index in [0.29, 0.717) is 21.3 Å². The van der Waals surface area contributed by atoms with E-state index in [1.165, 1.54) is 10.7 Å². The molecular formula is C11H7Cl2N3O. The van der Waals surface area contributed by atoms with Gasteiger partial charge in [0.25, 0.3) is 5.56 Å². The van der Waals surface area contributed by atoms with Crippen LogP contribution in [0.15, 0.2) is 23.0 Å². The average molecular weight is 268 g/mol. The van der Waals surface area contributed by atoms with E-state index in [-0.39, 0.29) is 11.3 Å². The number of nitrogens with one attached hydrogen (secondary N) is 1. The number of hydrogen-bond donors (Lipinski definition) is 1. The lowest BCUT2D eigenvalue weighted by molar-refractivity contribution is 0.843. The third-order valence-corrected chi connectivity index (χ3v) is 2.92. The largest absolute Gasteiger partial charge is 0.280 e. The first-order valence-corrected chi connectivity index (χ1v) is 5.47. The lowest BCUT2D eigenvalue weighted by Gasteiger charge is -2.04. The molecule has 1 heterocycles. The van der Waals surface area contributed by atoms with Gasteiger partial charge < -0.3 is 0 Å².